The standard InChI is InChI=1S/C15H11ClF2N2O2/c16-9-4-1-2-7-12(9)19-13(21)8-14(22)20-15-10(17)5-3-6-11(15)18/h1-7H,8H2,(H,19,21)(H,20,22). The molecule has 0 unspecified atom stereocenters. The van der Waals surface area contributed by atoms with E-state index in [0.29, 0.717) is 10.7 Å². The molecule has 2 amide bonds. The summed E-state index contributed by atoms with van der Waals surface area (Å²) in [5.41, 5.74) is -0.239. The molecular weight excluding hydrogens is 314 g/mol. The molecule has 2 aromatic carbocycles. The van der Waals surface area contributed by atoms with Crippen LogP contribution >= 0.6 is 11.6 Å². The Balaban J connectivity index is 1.98. The van der Waals surface area contributed by atoms with Crippen LogP contribution in [0.4, 0.5) is 20.2 Å². The lowest BCUT2D eigenvalue weighted by Crippen LogP contribution is -2.22. The van der Waals surface area contributed by atoms with Gasteiger partial charge in [0.25, 0.3) is 0 Å². The van der Waals surface area contributed by atoms with Crippen LogP contribution in [0.25, 0.3) is 0 Å². The van der Waals surface area contributed by atoms with Gasteiger partial charge in [0.05, 0.1) is 10.7 Å². The molecule has 2 rings (SSSR count). The van der Waals surface area contributed by atoms with E-state index in [0.717, 1.165) is 12.1 Å². The first-order valence-electron chi connectivity index (χ1n) is 6.25. The fourth-order valence-corrected chi connectivity index (χ4v) is 1.89. The Labute approximate surface area is 130 Å². The van der Waals surface area contributed by atoms with Gasteiger partial charge in [-0.3, -0.25) is 9.59 Å². The van der Waals surface area contributed by atoms with Crippen molar-refractivity contribution >= 4 is 34.8 Å². The number of carbonyl (C=O) groups is 2. The molecule has 0 heterocycles. The minimum absolute atomic E-state index is 0.316. The topological polar surface area (TPSA) is 58.2 Å². The number of anilines is 2. The minimum atomic E-state index is -0.917. The zero-order chi connectivity index (χ0) is 16.1. The third kappa shape index (κ3) is 4.02. The second-order valence-electron chi connectivity index (χ2n) is 4.35. The predicted molar refractivity (Wildman–Crippen MR) is 79.7 cm³/mol. The molecule has 0 saturated carbocycles. The van der Waals surface area contributed by atoms with E-state index in [1.807, 2.05) is 5.32 Å². The third-order valence-corrected chi connectivity index (χ3v) is 3.03. The Kier molecular flexibility index (Phi) is 5.06. The average Bonchev–Trinajstić information content (AvgIpc) is 2.45. The van der Waals surface area contributed by atoms with Crippen LogP contribution in [0.3, 0.4) is 0 Å². The van der Waals surface area contributed by atoms with Gasteiger partial charge in [-0.1, -0.05) is 29.8 Å². The molecule has 0 radical (unpaired) electrons. The molecule has 0 spiro atoms. The molecule has 0 aliphatic heterocycles. The van der Waals surface area contributed by atoms with E-state index in [2.05, 4.69) is 5.32 Å². The average molecular weight is 325 g/mol. The smallest absolute Gasteiger partial charge is 0.233 e. The summed E-state index contributed by atoms with van der Waals surface area (Å²) in [6.45, 7) is 0. The van der Waals surface area contributed by atoms with E-state index >= 15 is 0 Å². The SMILES string of the molecule is O=C(CC(=O)Nc1c(F)cccc1F)Nc1ccccc1Cl. The van der Waals surface area contributed by atoms with E-state index in [4.69, 9.17) is 11.6 Å². The second kappa shape index (κ2) is 7.00. The molecule has 2 aromatic rings. The van der Waals surface area contributed by atoms with Gasteiger partial charge in [0.15, 0.2) is 0 Å². The van der Waals surface area contributed by atoms with Gasteiger partial charge in [-0.05, 0) is 24.3 Å². The molecule has 0 aliphatic carbocycles. The van der Waals surface area contributed by atoms with Gasteiger partial charge < -0.3 is 10.6 Å². The molecule has 114 valence electrons. The summed E-state index contributed by atoms with van der Waals surface area (Å²) in [6, 6.07) is 9.66. The Morgan fingerprint density at radius 2 is 1.50 bits per heavy atom. The zero-order valence-electron chi connectivity index (χ0n) is 11.2. The predicted octanol–water partition coefficient (Wildman–Crippen LogP) is 3.59. The molecule has 22 heavy (non-hydrogen) atoms. The number of amides is 2. The summed E-state index contributed by atoms with van der Waals surface area (Å²) in [6.07, 6.45) is -0.598. The first-order valence-corrected chi connectivity index (χ1v) is 6.63. The van der Waals surface area contributed by atoms with Crippen molar-refractivity contribution in [3.8, 4) is 0 Å². The van der Waals surface area contributed by atoms with Crippen LogP contribution in [0.5, 0.6) is 0 Å². The highest BCUT2D eigenvalue weighted by molar-refractivity contribution is 6.33. The lowest BCUT2D eigenvalue weighted by molar-refractivity contribution is -0.123. The van der Waals surface area contributed by atoms with Crippen LogP contribution in [-0.4, -0.2) is 11.8 Å². The summed E-state index contributed by atoms with van der Waals surface area (Å²) in [4.78, 5) is 23.4. The largest absolute Gasteiger partial charge is 0.324 e. The fraction of sp³-hybridized carbons (Fsp3) is 0.0667. The first kappa shape index (κ1) is 15.9. The molecule has 0 fully saturated rings. The molecule has 2 N–H and O–H groups in total. The van der Waals surface area contributed by atoms with Gasteiger partial charge in [0.1, 0.15) is 23.7 Å². The number of hydrogen-bond donors (Lipinski definition) is 2. The molecule has 0 saturated heterocycles. The van der Waals surface area contributed by atoms with Gasteiger partial charge in [-0.25, -0.2) is 8.78 Å². The number of rotatable bonds is 4. The van der Waals surface area contributed by atoms with Gasteiger partial charge >= 0.3 is 0 Å². The quantitative estimate of drug-likeness (QED) is 0.844. The molecular formula is C15H11ClF2N2O2. The fourth-order valence-electron chi connectivity index (χ4n) is 1.70. The van der Waals surface area contributed by atoms with Gasteiger partial charge in [0.2, 0.25) is 11.8 Å². The normalized spacial score (nSPS) is 10.1. The lowest BCUT2D eigenvalue weighted by atomic mass is 10.2. The Morgan fingerprint density at radius 3 is 2.14 bits per heavy atom. The van der Waals surface area contributed by atoms with Crippen molar-refractivity contribution in [1.82, 2.24) is 0 Å². The summed E-state index contributed by atoms with van der Waals surface area (Å²) in [5.74, 6) is -3.32. The summed E-state index contributed by atoms with van der Waals surface area (Å²) in [7, 11) is 0. The van der Waals surface area contributed by atoms with Crippen molar-refractivity contribution in [2.75, 3.05) is 10.6 Å². The van der Waals surface area contributed by atoms with Gasteiger partial charge in [-0.15, -0.1) is 0 Å². The number of halogens is 3. The van der Waals surface area contributed by atoms with E-state index < -0.39 is 35.6 Å². The van der Waals surface area contributed by atoms with Crippen molar-refractivity contribution in [1.29, 1.82) is 0 Å². The zero-order valence-corrected chi connectivity index (χ0v) is 12.0. The maximum absolute atomic E-state index is 13.4. The highest BCUT2D eigenvalue weighted by Gasteiger charge is 2.15. The number of carbonyl (C=O) groups excluding carboxylic acids is 2. The molecule has 0 aromatic heterocycles. The van der Waals surface area contributed by atoms with E-state index in [9.17, 15) is 18.4 Å². The van der Waals surface area contributed by atoms with Gasteiger partial charge in [-0.2, -0.15) is 0 Å². The second-order valence-corrected chi connectivity index (χ2v) is 4.76. The Morgan fingerprint density at radius 1 is 0.909 bits per heavy atom. The van der Waals surface area contributed by atoms with E-state index in [1.54, 1.807) is 24.3 Å². The monoisotopic (exact) mass is 324 g/mol. The Bertz CT molecular complexity index is 702. The van der Waals surface area contributed by atoms with Crippen molar-refractivity contribution in [3.05, 3.63) is 59.1 Å². The van der Waals surface area contributed by atoms with Crippen LogP contribution < -0.4 is 10.6 Å². The highest BCUT2D eigenvalue weighted by atomic mass is 35.5. The highest BCUT2D eigenvalue weighted by Crippen LogP contribution is 2.21. The summed E-state index contributed by atoms with van der Waals surface area (Å²) in [5, 5.41) is 4.78. The lowest BCUT2D eigenvalue weighted by Gasteiger charge is -2.09. The number of nitrogens with one attached hydrogen (secondary N) is 2. The third-order valence-electron chi connectivity index (χ3n) is 2.70. The van der Waals surface area contributed by atoms with Crippen LogP contribution in [0.2, 0.25) is 5.02 Å². The van der Waals surface area contributed by atoms with Crippen LogP contribution in [0.15, 0.2) is 42.5 Å². The van der Waals surface area contributed by atoms with Crippen molar-refractivity contribution in [3.63, 3.8) is 0 Å². The van der Waals surface area contributed by atoms with Crippen LogP contribution in [0, 0.1) is 11.6 Å². The molecule has 0 bridgehead atoms. The van der Waals surface area contributed by atoms with Crippen molar-refractivity contribution in [2.24, 2.45) is 0 Å². The summed E-state index contributed by atoms with van der Waals surface area (Å²) >= 11 is 5.86. The number of benzene rings is 2. The van der Waals surface area contributed by atoms with E-state index in [1.165, 1.54) is 6.07 Å². The number of para-hydroxylation sites is 2. The van der Waals surface area contributed by atoms with Gasteiger partial charge in [0, 0.05) is 0 Å². The van der Waals surface area contributed by atoms with Crippen LogP contribution in [0.1, 0.15) is 6.42 Å². The molecule has 4 nitrogen and oxygen atoms in total. The first-order chi connectivity index (χ1) is 10.5. The summed E-state index contributed by atoms with van der Waals surface area (Å²) < 4.78 is 26.8. The molecule has 0 aliphatic rings. The van der Waals surface area contributed by atoms with Crippen LogP contribution in [-0.2, 0) is 9.59 Å². The van der Waals surface area contributed by atoms with E-state index in [-0.39, 0.29) is 0 Å². The minimum Gasteiger partial charge on any atom is -0.324 e. The Hall–Kier alpha value is -2.47. The van der Waals surface area contributed by atoms with Crippen molar-refractivity contribution < 1.29 is 18.4 Å². The van der Waals surface area contributed by atoms with Crippen molar-refractivity contribution in [2.45, 2.75) is 6.42 Å². The maximum Gasteiger partial charge on any atom is 0.233 e. The number of hydrogen-bond acceptors (Lipinski definition) is 2. The molecule has 7 heteroatoms. The molecule has 0 atom stereocenters. The maximum atomic E-state index is 13.4.